The molecule has 1 saturated heterocycles. The first-order chi connectivity index (χ1) is 19.8. The summed E-state index contributed by atoms with van der Waals surface area (Å²) in [6.07, 6.45) is 3.36. The van der Waals surface area contributed by atoms with Crippen molar-refractivity contribution in [3.05, 3.63) is 82.1 Å². The lowest BCUT2D eigenvalue weighted by Gasteiger charge is -2.48. The Bertz CT molecular complexity index is 1740. The van der Waals surface area contributed by atoms with E-state index in [0.29, 0.717) is 11.1 Å². The highest BCUT2D eigenvalue weighted by atomic mass is 19.4. The number of nitrogens with zero attached hydrogens (tertiary/aromatic N) is 6. The third kappa shape index (κ3) is 4.28. The number of imidazole rings is 1. The Morgan fingerprint density at radius 3 is 2.48 bits per heavy atom. The molecule has 7 rings (SSSR count). The van der Waals surface area contributed by atoms with E-state index in [1.807, 2.05) is 29.8 Å². The predicted molar refractivity (Wildman–Crippen MR) is 145 cm³/mol. The van der Waals surface area contributed by atoms with E-state index in [9.17, 15) is 26.7 Å². The molecule has 0 amide bonds. The van der Waals surface area contributed by atoms with Gasteiger partial charge in [-0.15, -0.1) is 10.2 Å². The fraction of sp³-hybridized carbons (Fsp3) is 0.500. The topological polar surface area (TPSA) is 60.4 Å². The van der Waals surface area contributed by atoms with E-state index < -0.39 is 29.3 Å². The standard InChI is InChI=1S/C30H31F5N6O/c1-19-12-39(9-8-29(19,31)32)13-20-10-23(30(33,34)35)24-15-40(26(42)41(24)14-20)22-5-3-4-21(11-22)28(16-27(17-28)6-7-27)25-37-36-18-38(25)2/h3-5,10-11,14-15,18-19H,6-9,12-13,16-17H2,1-2H3/t19-/m0/s1. The monoisotopic (exact) mass is 586 g/mol. The van der Waals surface area contributed by atoms with Crippen molar-refractivity contribution in [3.8, 4) is 5.69 Å². The van der Waals surface area contributed by atoms with E-state index in [2.05, 4.69) is 10.2 Å². The molecular formula is C30H31F5N6O. The van der Waals surface area contributed by atoms with Gasteiger partial charge in [0.2, 0.25) is 0 Å². The number of likely N-dealkylation sites (tertiary alicyclic amines) is 1. The molecule has 2 aliphatic carbocycles. The van der Waals surface area contributed by atoms with Crippen molar-refractivity contribution < 1.29 is 22.0 Å². The number of halogens is 5. The largest absolute Gasteiger partial charge is 0.418 e. The van der Waals surface area contributed by atoms with E-state index in [1.165, 1.54) is 23.9 Å². The van der Waals surface area contributed by atoms with Gasteiger partial charge in [-0.05, 0) is 60.4 Å². The molecule has 0 bridgehead atoms. The zero-order chi connectivity index (χ0) is 29.7. The number of piperidine rings is 1. The summed E-state index contributed by atoms with van der Waals surface area (Å²) in [5, 5.41) is 8.50. The van der Waals surface area contributed by atoms with E-state index in [1.54, 1.807) is 17.3 Å². The van der Waals surface area contributed by atoms with Gasteiger partial charge in [0.05, 0.1) is 22.2 Å². The van der Waals surface area contributed by atoms with Crippen LogP contribution in [0.25, 0.3) is 11.2 Å². The van der Waals surface area contributed by atoms with E-state index in [-0.39, 0.29) is 42.6 Å². The first-order valence-corrected chi connectivity index (χ1v) is 14.2. The highest BCUT2D eigenvalue weighted by Gasteiger charge is 2.63. The van der Waals surface area contributed by atoms with Crippen molar-refractivity contribution in [3.63, 3.8) is 0 Å². The van der Waals surface area contributed by atoms with Crippen LogP contribution in [0.4, 0.5) is 22.0 Å². The zero-order valence-electron chi connectivity index (χ0n) is 23.3. The maximum atomic E-state index is 14.3. The summed E-state index contributed by atoms with van der Waals surface area (Å²) in [7, 11) is 1.90. The Morgan fingerprint density at radius 1 is 1.07 bits per heavy atom. The first-order valence-electron chi connectivity index (χ1n) is 14.2. The highest BCUT2D eigenvalue weighted by molar-refractivity contribution is 5.58. The molecule has 3 aromatic heterocycles. The van der Waals surface area contributed by atoms with Gasteiger partial charge in [-0.2, -0.15) is 13.2 Å². The summed E-state index contributed by atoms with van der Waals surface area (Å²) in [5.41, 5.74) is -0.253. The Morgan fingerprint density at radius 2 is 1.83 bits per heavy atom. The number of fused-ring (bicyclic) bond motifs is 1. The number of aromatic nitrogens is 5. The lowest BCUT2D eigenvalue weighted by atomic mass is 9.56. The van der Waals surface area contributed by atoms with E-state index in [4.69, 9.17) is 0 Å². The molecule has 7 nitrogen and oxygen atoms in total. The lowest BCUT2D eigenvalue weighted by Crippen LogP contribution is -2.45. The van der Waals surface area contributed by atoms with Crippen molar-refractivity contribution >= 4 is 5.52 Å². The van der Waals surface area contributed by atoms with Crippen LogP contribution in [-0.4, -0.2) is 47.6 Å². The molecule has 4 heterocycles. The second kappa shape index (κ2) is 8.98. The van der Waals surface area contributed by atoms with Crippen LogP contribution >= 0.6 is 0 Å². The minimum Gasteiger partial charge on any atom is -0.320 e. The van der Waals surface area contributed by atoms with Gasteiger partial charge in [-0.25, -0.2) is 13.6 Å². The van der Waals surface area contributed by atoms with Gasteiger partial charge < -0.3 is 4.57 Å². The number of rotatable bonds is 5. The number of hydrogen-bond acceptors (Lipinski definition) is 4. The first kappa shape index (κ1) is 27.3. The second-order valence-corrected chi connectivity index (χ2v) is 12.7. The molecule has 1 aliphatic heterocycles. The molecule has 0 radical (unpaired) electrons. The molecule has 42 heavy (non-hydrogen) atoms. The van der Waals surface area contributed by atoms with E-state index >= 15 is 0 Å². The minimum atomic E-state index is -4.72. The average molecular weight is 587 g/mol. The zero-order valence-corrected chi connectivity index (χ0v) is 23.3. The van der Waals surface area contributed by atoms with Gasteiger partial charge >= 0.3 is 11.9 Å². The SMILES string of the molecule is C[C@H]1CN(Cc2cc(C(F)(F)F)c3cn(-c4cccc(C5(c6nncn6C)CC6(CC6)C5)c4)c(=O)n3c2)CCC1(F)F. The highest BCUT2D eigenvalue weighted by Crippen LogP contribution is 2.70. The smallest absolute Gasteiger partial charge is 0.320 e. The molecule has 1 atom stereocenters. The van der Waals surface area contributed by atoms with Crippen molar-refractivity contribution in [2.45, 2.75) is 63.1 Å². The Kier molecular flexibility index (Phi) is 5.84. The molecule has 222 valence electrons. The van der Waals surface area contributed by atoms with Gasteiger partial charge in [-0.1, -0.05) is 19.1 Å². The molecule has 4 aromatic rings. The van der Waals surface area contributed by atoms with Crippen LogP contribution in [0.15, 0.2) is 53.8 Å². The summed E-state index contributed by atoms with van der Waals surface area (Å²) in [6.45, 7) is 1.60. The van der Waals surface area contributed by atoms with Crippen molar-refractivity contribution in [1.82, 2.24) is 28.6 Å². The van der Waals surface area contributed by atoms with Gasteiger partial charge in [0.1, 0.15) is 12.2 Å². The normalized spacial score (nSPS) is 22.9. The molecule has 12 heteroatoms. The minimum absolute atomic E-state index is 0.0362. The summed E-state index contributed by atoms with van der Waals surface area (Å²) in [4.78, 5) is 15.4. The summed E-state index contributed by atoms with van der Waals surface area (Å²) >= 11 is 0. The number of benzene rings is 1. The Balaban J connectivity index is 1.29. The van der Waals surface area contributed by atoms with Crippen LogP contribution in [0, 0.1) is 11.3 Å². The van der Waals surface area contributed by atoms with Crippen LogP contribution < -0.4 is 5.69 Å². The van der Waals surface area contributed by atoms with Crippen molar-refractivity contribution in [2.75, 3.05) is 13.1 Å². The van der Waals surface area contributed by atoms with Crippen LogP contribution in [0.5, 0.6) is 0 Å². The van der Waals surface area contributed by atoms with Crippen molar-refractivity contribution in [1.29, 1.82) is 0 Å². The fourth-order valence-electron chi connectivity index (χ4n) is 7.23. The number of aryl methyl sites for hydroxylation is 1. The van der Waals surface area contributed by atoms with E-state index in [0.717, 1.165) is 47.5 Å². The third-order valence-electron chi connectivity index (χ3n) is 9.68. The number of hydrogen-bond donors (Lipinski definition) is 0. The summed E-state index contributed by atoms with van der Waals surface area (Å²) < 4.78 is 75.0. The molecule has 3 aliphatic rings. The van der Waals surface area contributed by atoms with Crippen LogP contribution in [0.3, 0.4) is 0 Å². The van der Waals surface area contributed by atoms with Gasteiger partial charge in [0.15, 0.2) is 0 Å². The van der Waals surface area contributed by atoms with Crippen LogP contribution in [-0.2, 0) is 25.2 Å². The second-order valence-electron chi connectivity index (χ2n) is 12.7. The number of alkyl halides is 5. The fourth-order valence-corrected chi connectivity index (χ4v) is 7.23. The van der Waals surface area contributed by atoms with Crippen LogP contribution in [0.1, 0.15) is 61.5 Å². The summed E-state index contributed by atoms with van der Waals surface area (Å²) in [5.74, 6) is -2.88. The molecular weight excluding hydrogens is 555 g/mol. The van der Waals surface area contributed by atoms with Crippen LogP contribution in [0.2, 0.25) is 0 Å². The lowest BCUT2D eigenvalue weighted by molar-refractivity contribution is -0.136. The average Bonchev–Trinajstić information content (AvgIpc) is 3.48. The number of pyridine rings is 1. The molecule has 0 N–H and O–H groups in total. The predicted octanol–water partition coefficient (Wildman–Crippen LogP) is 5.57. The molecule has 0 unspecified atom stereocenters. The Labute approximate surface area is 238 Å². The molecule has 1 aromatic carbocycles. The molecule has 3 fully saturated rings. The Hall–Kier alpha value is -3.54. The molecule has 2 saturated carbocycles. The third-order valence-corrected chi connectivity index (χ3v) is 9.68. The van der Waals surface area contributed by atoms with Gasteiger partial charge in [-0.3, -0.25) is 13.9 Å². The molecule has 1 spiro atoms. The van der Waals surface area contributed by atoms with Crippen molar-refractivity contribution in [2.24, 2.45) is 18.4 Å². The van der Waals surface area contributed by atoms with Gasteiger partial charge in [0, 0.05) is 51.4 Å². The summed E-state index contributed by atoms with van der Waals surface area (Å²) in [6, 6.07) is 8.41. The maximum absolute atomic E-state index is 14.3. The maximum Gasteiger partial charge on any atom is 0.418 e. The van der Waals surface area contributed by atoms with Gasteiger partial charge in [0.25, 0.3) is 5.92 Å². The quantitative estimate of drug-likeness (QED) is 0.287.